The Morgan fingerprint density at radius 2 is 2.00 bits per heavy atom. The third-order valence-electron chi connectivity index (χ3n) is 6.26. The molecule has 1 aromatic heterocycles. The van der Waals surface area contributed by atoms with Gasteiger partial charge in [0.1, 0.15) is 5.82 Å². The SMILES string of the molecule is CC(O[C@H]1C[C@@]2(C1)C(=O)N(C)c1cnc3cc(F)c(Br)cc3c12)c1ccccc1. The quantitative estimate of drug-likeness (QED) is 0.539. The van der Waals surface area contributed by atoms with Gasteiger partial charge in [-0.2, -0.15) is 0 Å². The molecule has 2 aromatic carbocycles. The van der Waals surface area contributed by atoms with E-state index in [1.807, 2.05) is 37.3 Å². The number of rotatable bonds is 3. The predicted octanol–water partition coefficient (Wildman–Crippen LogP) is 5.29. The number of ether oxygens (including phenoxy) is 1. The molecule has 3 aromatic rings. The molecule has 0 radical (unpaired) electrons. The van der Waals surface area contributed by atoms with Gasteiger partial charge in [-0.05, 0) is 47.3 Å². The molecule has 1 amide bonds. The number of pyridine rings is 1. The van der Waals surface area contributed by atoms with Crippen molar-refractivity contribution in [1.29, 1.82) is 0 Å². The number of carbonyl (C=O) groups excluding carboxylic acids is 1. The highest BCUT2D eigenvalue weighted by Gasteiger charge is 2.59. The zero-order valence-electron chi connectivity index (χ0n) is 16.2. The summed E-state index contributed by atoms with van der Waals surface area (Å²) in [5.74, 6) is -0.294. The van der Waals surface area contributed by atoms with Gasteiger partial charge in [-0.3, -0.25) is 9.78 Å². The van der Waals surface area contributed by atoms with E-state index in [1.165, 1.54) is 6.07 Å². The van der Waals surface area contributed by atoms with Crippen LogP contribution in [0.4, 0.5) is 10.1 Å². The number of aromatic nitrogens is 1. The first-order valence-corrected chi connectivity index (χ1v) is 10.5. The number of nitrogens with zero attached hydrogens (tertiary/aromatic N) is 2. The van der Waals surface area contributed by atoms with E-state index in [9.17, 15) is 9.18 Å². The van der Waals surface area contributed by atoms with E-state index in [4.69, 9.17) is 4.74 Å². The van der Waals surface area contributed by atoms with Crippen LogP contribution in [0.1, 0.15) is 37.0 Å². The summed E-state index contributed by atoms with van der Waals surface area (Å²) in [5, 5.41) is 0.822. The molecule has 1 fully saturated rings. The molecule has 1 aliphatic carbocycles. The van der Waals surface area contributed by atoms with Crippen molar-refractivity contribution < 1.29 is 13.9 Å². The topological polar surface area (TPSA) is 42.4 Å². The summed E-state index contributed by atoms with van der Waals surface area (Å²) in [4.78, 5) is 19.3. The summed E-state index contributed by atoms with van der Waals surface area (Å²) in [6.07, 6.45) is 2.88. The number of benzene rings is 2. The van der Waals surface area contributed by atoms with Crippen molar-refractivity contribution in [2.75, 3.05) is 11.9 Å². The maximum Gasteiger partial charge on any atom is 0.237 e. The summed E-state index contributed by atoms with van der Waals surface area (Å²) < 4.78 is 20.7. The molecule has 1 unspecified atom stereocenters. The second-order valence-corrected chi connectivity index (χ2v) is 8.82. The van der Waals surface area contributed by atoms with Crippen molar-refractivity contribution in [3.63, 3.8) is 0 Å². The van der Waals surface area contributed by atoms with Crippen molar-refractivity contribution in [1.82, 2.24) is 4.98 Å². The highest BCUT2D eigenvalue weighted by atomic mass is 79.9. The molecular weight excluding hydrogens is 435 g/mol. The fourth-order valence-corrected chi connectivity index (χ4v) is 5.10. The fourth-order valence-electron chi connectivity index (χ4n) is 4.76. The van der Waals surface area contributed by atoms with Gasteiger partial charge in [0.25, 0.3) is 0 Å². The summed E-state index contributed by atoms with van der Waals surface area (Å²) in [6.45, 7) is 2.04. The Labute approximate surface area is 176 Å². The van der Waals surface area contributed by atoms with Crippen LogP contribution in [0.2, 0.25) is 0 Å². The highest BCUT2D eigenvalue weighted by Crippen LogP contribution is 2.56. The average molecular weight is 455 g/mol. The normalized spacial score (nSPS) is 24.1. The Kier molecular flexibility index (Phi) is 4.26. The molecule has 2 heterocycles. The van der Waals surface area contributed by atoms with Crippen LogP contribution in [0.25, 0.3) is 10.9 Å². The van der Waals surface area contributed by atoms with E-state index in [-0.39, 0.29) is 23.9 Å². The van der Waals surface area contributed by atoms with Crippen molar-refractivity contribution in [2.45, 2.75) is 37.4 Å². The third-order valence-corrected chi connectivity index (χ3v) is 6.87. The average Bonchev–Trinajstić information content (AvgIpc) is 2.92. The van der Waals surface area contributed by atoms with Crippen LogP contribution >= 0.6 is 15.9 Å². The highest BCUT2D eigenvalue weighted by molar-refractivity contribution is 9.10. The maximum absolute atomic E-state index is 14.0. The van der Waals surface area contributed by atoms with Crippen LogP contribution in [-0.4, -0.2) is 24.0 Å². The van der Waals surface area contributed by atoms with Crippen molar-refractivity contribution in [2.24, 2.45) is 0 Å². The molecule has 29 heavy (non-hydrogen) atoms. The minimum atomic E-state index is -0.621. The van der Waals surface area contributed by atoms with Crippen molar-refractivity contribution in [3.8, 4) is 0 Å². The van der Waals surface area contributed by atoms with Gasteiger partial charge in [0, 0.05) is 24.1 Å². The molecule has 1 aliphatic heterocycles. The molecular formula is C23H20BrFN2O2. The minimum Gasteiger partial charge on any atom is -0.370 e. The Morgan fingerprint density at radius 3 is 2.72 bits per heavy atom. The fraction of sp³-hybridized carbons (Fsp3) is 0.304. The van der Waals surface area contributed by atoms with E-state index < -0.39 is 5.41 Å². The van der Waals surface area contributed by atoms with Crippen molar-refractivity contribution in [3.05, 3.63) is 70.1 Å². The lowest BCUT2D eigenvalue weighted by molar-refractivity contribution is -0.137. The predicted molar refractivity (Wildman–Crippen MR) is 113 cm³/mol. The number of halogens is 2. The van der Waals surface area contributed by atoms with E-state index in [0.717, 1.165) is 22.2 Å². The van der Waals surface area contributed by atoms with Crippen LogP contribution in [0.15, 0.2) is 53.1 Å². The lowest BCUT2D eigenvalue weighted by atomic mass is 9.62. The third kappa shape index (κ3) is 2.73. The summed E-state index contributed by atoms with van der Waals surface area (Å²) >= 11 is 3.28. The van der Waals surface area contributed by atoms with E-state index in [2.05, 4.69) is 20.9 Å². The monoisotopic (exact) mass is 454 g/mol. The first-order chi connectivity index (χ1) is 13.9. The van der Waals surface area contributed by atoms with Gasteiger partial charge in [0.05, 0.1) is 39.5 Å². The van der Waals surface area contributed by atoms with Crippen LogP contribution in [-0.2, 0) is 14.9 Å². The number of anilines is 1. The van der Waals surface area contributed by atoms with Gasteiger partial charge in [-0.15, -0.1) is 0 Å². The first-order valence-electron chi connectivity index (χ1n) is 9.67. The number of hydrogen-bond donors (Lipinski definition) is 0. The van der Waals surface area contributed by atoms with Crippen LogP contribution < -0.4 is 4.90 Å². The molecule has 2 aliphatic rings. The van der Waals surface area contributed by atoms with Crippen molar-refractivity contribution >= 4 is 38.4 Å². The number of carbonyl (C=O) groups is 1. The summed E-state index contributed by atoms with van der Waals surface area (Å²) in [5.41, 5.74) is 2.81. The number of hydrogen-bond acceptors (Lipinski definition) is 3. The van der Waals surface area contributed by atoms with E-state index in [1.54, 1.807) is 24.2 Å². The standard InChI is InChI=1S/C23H20BrFN2O2/c1-13(14-6-4-3-5-7-14)29-15-10-23(11-15)21-16-8-17(24)18(25)9-19(16)26-12-20(21)27(2)22(23)28/h3-9,12-13,15H,10-11H2,1-2H3/t13?,15-,23-. The summed E-state index contributed by atoms with van der Waals surface area (Å²) in [6, 6.07) is 13.2. The molecule has 1 saturated carbocycles. The Morgan fingerprint density at radius 1 is 1.28 bits per heavy atom. The van der Waals surface area contributed by atoms with Crippen LogP contribution in [0, 0.1) is 5.82 Å². The minimum absolute atomic E-state index is 0.000565. The van der Waals surface area contributed by atoms with Crippen LogP contribution in [0.3, 0.4) is 0 Å². The smallest absolute Gasteiger partial charge is 0.237 e. The molecule has 0 bridgehead atoms. The molecule has 4 nitrogen and oxygen atoms in total. The zero-order valence-corrected chi connectivity index (χ0v) is 17.7. The largest absolute Gasteiger partial charge is 0.370 e. The lowest BCUT2D eigenvalue weighted by Crippen LogP contribution is -2.52. The molecule has 0 N–H and O–H groups in total. The van der Waals surface area contributed by atoms with E-state index >= 15 is 0 Å². The Bertz CT molecular complexity index is 1130. The molecule has 5 rings (SSSR count). The van der Waals surface area contributed by atoms with Gasteiger partial charge >= 0.3 is 0 Å². The number of fused-ring (bicyclic) bond motifs is 4. The molecule has 0 saturated heterocycles. The second-order valence-electron chi connectivity index (χ2n) is 7.97. The van der Waals surface area contributed by atoms with Crippen LogP contribution in [0.5, 0.6) is 0 Å². The van der Waals surface area contributed by atoms with E-state index in [0.29, 0.717) is 22.8 Å². The Balaban J connectivity index is 1.49. The second kappa shape index (κ2) is 6.61. The van der Waals surface area contributed by atoms with Gasteiger partial charge in [-0.1, -0.05) is 30.3 Å². The number of amides is 1. The molecule has 148 valence electrons. The molecule has 1 atom stereocenters. The van der Waals surface area contributed by atoms with Gasteiger partial charge in [0.15, 0.2) is 0 Å². The first kappa shape index (κ1) is 18.7. The molecule has 1 spiro atoms. The number of likely N-dealkylation sites (N-methyl/N-ethyl adjacent to an activating group) is 1. The van der Waals surface area contributed by atoms with Gasteiger partial charge in [0.2, 0.25) is 5.91 Å². The van der Waals surface area contributed by atoms with Gasteiger partial charge < -0.3 is 9.64 Å². The zero-order chi connectivity index (χ0) is 20.3. The Hall–Kier alpha value is -2.31. The van der Waals surface area contributed by atoms with Gasteiger partial charge in [-0.25, -0.2) is 4.39 Å². The lowest BCUT2D eigenvalue weighted by Gasteiger charge is -2.44. The maximum atomic E-state index is 14.0. The molecule has 6 heteroatoms. The summed E-state index contributed by atoms with van der Waals surface area (Å²) in [7, 11) is 1.78.